The number of carboxylic acids is 1. The zero-order chi connectivity index (χ0) is 12.3. The molecule has 0 spiro atoms. The Balaban J connectivity index is 3.31. The minimum absolute atomic E-state index is 0.234. The Labute approximate surface area is 95.9 Å². The third kappa shape index (κ3) is 2.32. The molecular formula is C12H18N2O2. The molecular weight excluding hydrogens is 204 g/mol. The fraction of sp³-hybridized carbons (Fsp3) is 0.500. The summed E-state index contributed by atoms with van der Waals surface area (Å²) in [5, 5.41) is 9.21. The topological polar surface area (TPSA) is 53.4 Å². The van der Waals surface area contributed by atoms with Crippen LogP contribution in [0, 0.1) is 6.92 Å². The van der Waals surface area contributed by atoms with Crippen LogP contribution in [0.5, 0.6) is 0 Å². The van der Waals surface area contributed by atoms with Crippen molar-refractivity contribution in [3.8, 4) is 0 Å². The lowest BCUT2D eigenvalue weighted by molar-refractivity contribution is 0.0696. The lowest BCUT2D eigenvalue weighted by Gasteiger charge is -2.27. The molecule has 4 heteroatoms. The number of rotatable bonds is 4. The molecule has 0 aromatic carbocycles. The molecule has 0 aliphatic heterocycles. The van der Waals surface area contributed by atoms with E-state index >= 15 is 0 Å². The van der Waals surface area contributed by atoms with Crippen LogP contribution in [0.15, 0.2) is 12.3 Å². The van der Waals surface area contributed by atoms with E-state index in [4.69, 9.17) is 0 Å². The third-order valence-electron chi connectivity index (χ3n) is 2.59. The van der Waals surface area contributed by atoms with Gasteiger partial charge in [-0.1, -0.05) is 0 Å². The number of aromatic carboxylic acids is 1. The van der Waals surface area contributed by atoms with Crippen molar-refractivity contribution in [2.75, 3.05) is 11.4 Å². The molecule has 0 unspecified atom stereocenters. The molecule has 0 aliphatic carbocycles. The number of aromatic nitrogens is 1. The largest absolute Gasteiger partial charge is 0.478 e. The molecule has 0 saturated heterocycles. The number of hydrogen-bond donors (Lipinski definition) is 1. The lowest BCUT2D eigenvalue weighted by atomic mass is 10.1. The van der Waals surface area contributed by atoms with E-state index in [0.29, 0.717) is 11.4 Å². The molecule has 0 saturated carbocycles. The summed E-state index contributed by atoms with van der Waals surface area (Å²) in [4.78, 5) is 17.4. The summed E-state index contributed by atoms with van der Waals surface area (Å²) in [5.74, 6) is -0.357. The molecule has 0 aliphatic rings. The van der Waals surface area contributed by atoms with Crippen LogP contribution in [0.4, 0.5) is 5.82 Å². The van der Waals surface area contributed by atoms with Crippen molar-refractivity contribution in [3.63, 3.8) is 0 Å². The van der Waals surface area contributed by atoms with E-state index in [1.54, 1.807) is 19.2 Å². The van der Waals surface area contributed by atoms with E-state index in [-0.39, 0.29) is 6.04 Å². The van der Waals surface area contributed by atoms with E-state index in [9.17, 15) is 9.90 Å². The molecule has 4 nitrogen and oxygen atoms in total. The number of aryl methyl sites for hydroxylation is 1. The van der Waals surface area contributed by atoms with E-state index in [0.717, 1.165) is 12.1 Å². The second-order valence-corrected chi connectivity index (χ2v) is 4.01. The van der Waals surface area contributed by atoms with Gasteiger partial charge in [0.25, 0.3) is 0 Å². The van der Waals surface area contributed by atoms with Crippen LogP contribution >= 0.6 is 0 Å². The maximum Gasteiger partial charge on any atom is 0.339 e. The predicted molar refractivity (Wildman–Crippen MR) is 64.1 cm³/mol. The van der Waals surface area contributed by atoms with Gasteiger partial charge in [-0.3, -0.25) is 0 Å². The monoisotopic (exact) mass is 222 g/mol. The number of anilines is 1. The number of pyridine rings is 1. The van der Waals surface area contributed by atoms with Gasteiger partial charge >= 0.3 is 5.97 Å². The molecule has 88 valence electrons. The van der Waals surface area contributed by atoms with Crippen molar-refractivity contribution in [2.24, 2.45) is 0 Å². The van der Waals surface area contributed by atoms with Gasteiger partial charge in [-0.25, -0.2) is 9.78 Å². The van der Waals surface area contributed by atoms with Gasteiger partial charge in [-0.2, -0.15) is 0 Å². The molecule has 0 bridgehead atoms. The van der Waals surface area contributed by atoms with E-state index in [1.807, 2.05) is 25.7 Å². The first kappa shape index (κ1) is 12.5. The zero-order valence-corrected chi connectivity index (χ0v) is 10.2. The summed E-state index contributed by atoms with van der Waals surface area (Å²) in [6, 6.07) is 1.96. The highest BCUT2D eigenvalue weighted by Gasteiger charge is 2.20. The van der Waals surface area contributed by atoms with Gasteiger partial charge in [0, 0.05) is 18.8 Å². The van der Waals surface area contributed by atoms with Crippen LogP contribution < -0.4 is 4.90 Å². The Morgan fingerprint density at radius 1 is 1.56 bits per heavy atom. The van der Waals surface area contributed by atoms with Crippen molar-refractivity contribution in [1.29, 1.82) is 0 Å². The predicted octanol–water partition coefficient (Wildman–Crippen LogP) is 2.32. The SMILES string of the molecule is CCN(c1nccc(C)c1C(=O)O)C(C)C. The third-order valence-corrected chi connectivity index (χ3v) is 2.59. The van der Waals surface area contributed by atoms with Gasteiger partial charge in [0.05, 0.1) is 0 Å². The van der Waals surface area contributed by atoms with Crippen LogP contribution in [0.2, 0.25) is 0 Å². The molecule has 0 fully saturated rings. The second-order valence-electron chi connectivity index (χ2n) is 4.01. The van der Waals surface area contributed by atoms with Crippen LogP contribution in [-0.2, 0) is 0 Å². The maximum atomic E-state index is 11.2. The van der Waals surface area contributed by atoms with Gasteiger partial charge < -0.3 is 10.0 Å². The Kier molecular flexibility index (Phi) is 3.88. The standard InChI is InChI=1S/C12H18N2O2/c1-5-14(8(2)3)11-10(12(15)16)9(4)6-7-13-11/h6-8H,5H2,1-4H3,(H,15,16). The first-order chi connectivity index (χ1) is 7.49. The molecule has 0 amide bonds. The maximum absolute atomic E-state index is 11.2. The molecule has 16 heavy (non-hydrogen) atoms. The van der Waals surface area contributed by atoms with Crippen LogP contribution in [0.3, 0.4) is 0 Å². The van der Waals surface area contributed by atoms with Gasteiger partial charge in [0.2, 0.25) is 0 Å². The average molecular weight is 222 g/mol. The van der Waals surface area contributed by atoms with Gasteiger partial charge in [-0.05, 0) is 39.3 Å². The second kappa shape index (κ2) is 4.96. The number of carboxylic acid groups (broad SMARTS) is 1. The normalized spacial score (nSPS) is 10.6. The number of nitrogens with zero attached hydrogens (tertiary/aromatic N) is 2. The molecule has 1 N–H and O–H groups in total. The smallest absolute Gasteiger partial charge is 0.339 e. The van der Waals surface area contributed by atoms with Crippen molar-refractivity contribution in [3.05, 3.63) is 23.4 Å². The number of hydrogen-bond acceptors (Lipinski definition) is 3. The highest BCUT2D eigenvalue weighted by molar-refractivity contribution is 5.95. The lowest BCUT2D eigenvalue weighted by Crippen LogP contribution is -2.32. The number of carbonyl (C=O) groups is 1. The van der Waals surface area contributed by atoms with Gasteiger partial charge in [-0.15, -0.1) is 0 Å². The summed E-state index contributed by atoms with van der Waals surface area (Å²) in [6.45, 7) is 8.59. The molecule has 1 aromatic rings. The minimum Gasteiger partial charge on any atom is -0.478 e. The Morgan fingerprint density at radius 2 is 2.19 bits per heavy atom. The minimum atomic E-state index is -0.917. The van der Waals surface area contributed by atoms with Crippen LogP contribution in [0.25, 0.3) is 0 Å². The average Bonchev–Trinajstić information content (AvgIpc) is 2.17. The molecule has 1 aromatic heterocycles. The van der Waals surface area contributed by atoms with Gasteiger partial charge in [0.15, 0.2) is 0 Å². The highest BCUT2D eigenvalue weighted by atomic mass is 16.4. The Bertz CT molecular complexity index is 389. The van der Waals surface area contributed by atoms with E-state index in [1.165, 1.54) is 0 Å². The molecule has 1 rings (SSSR count). The molecule has 0 radical (unpaired) electrons. The van der Waals surface area contributed by atoms with Crippen molar-refractivity contribution in [1.82, 2.24) is 4.98 Å². The summed E-state index contributed by atoms with van der Waals surface area (Å²) in [7, 11) is 0. The van der Waals surface area contributed by atoms with Crippen molar-refractivity contribution < 1.29 is 9.90 Å². The Hall–Kier alpha value is -1.58. The van der Waals surface area contributed by atoms with Gasteiger partial charge in [0.1, 0.15) is 11.4 Å². The zero-order valence-electron chi connectivity index (χ0n) is 10.2. The summed E-state index contributed by atoms with van der Waals surface area (Å²) in [6.07, 6.45) is 1.65. The molecule has 1 heterocycles. The Morgan fingerprint density at radius 3 is 2.62 bits per heavy atom. The van der Waals surface area contributed by atoms with E-state index in [2.05, 4.69) is 4.98 Å². The first-order valence-corrected chi connectivity index (χ1v) is 5.44. The van der Waals surface area contributed by atoms with Crippen LogP contribution in [0.1, 0.15) is 36.7 Å². The molecule has 0 atom stereocenters. The fourth-order valence-corrected chi connectivity index (χ4v) is 1.79. The first-order valence-electron chi connectivity index (χ1n) is 5.44. The highest BCUT2D eigenvalue weighted by Crippen LogP contribution is 2.22. The summed E-state index contributed by atoms with van der Waals surface area (Å²) >= 11 is 0. The quantitative estimate of drug-likeness (QED) is 0.849. The summed E-state index contributed by atoms with van der Waals surface area (Å²) in [5.41, 5.74) is 1.05. The van der Waals surface area contributed by atoms with Crippen LogP contribution in [-0.4, -0.2) is 28.6 Å². The van der Waals surface area contributed by atoms with Crippen molar-refractivity contribution >= 4 is 11.8 Å². The fourth-order valence-electron chi connectivity index (χ4n) is 1.79. The van der Waals surface area contributed by atoms with E-state index < -0.39 is 5.97 Å². The summed E-state index contributed by atoms with van der Waals surface area (Å²) < 4.78 is 0. The van der Waals surface area contributed by atoms with Crippen molar-refractivity contribution in [2.45, 2.75) is 33.7 Å².